The summed E-state index contributed by atoms with van der Waals surface area (Å²) in [6.07, 6.45) is -16.3. The number of halogens is 11. The first kappa shape index (κ1) is 28.5. The quantitative estimate of drug-likeness (QED) is 0.385. The lowest BCUT2D eigenvalue weighted by molar-refractivity contribution is -0.144. The Balaban J connectivity index is 2.10. The molecule has 3 aromatic rings. The molecule has 1 heterocycles. The first-order chi connectivity index (χ1) is 16.7. The van der Waals surface area contributed by atoms with Gasteiger partial charge < -0.3 is 0 Å². The highest BCUT2D eigenvalue weighted by Gasteiger charge is 2.43. The fraction of sp³-hybridized carbons (Fsp3) is 0.167. The van der Waals surface area contributed by atoms with Gasteiger partial charge in [-0.2, -0.15) is 39.5 Å². The van der Waals surface area contributed by atoms with Crippen LogP contribution in [-0.4, -0.2) is 29.3 Å². The highest BCUT2D eigenvalue weighted by Crippen LogP contribution is 2.38. The van der Waals surface area contributed by atoms with Crippen LogP contribution in [0.3, 0.4) is 0 Å². The normalized spacial score (nSPS) is 13.1. The van der Waals surface area contributed by atoms with Crippen LogP contribution in [0, 0.1) is 0 Å². The number of alkyl halides is 9. The van der Waals surface area contributed by atoms with E-state index in [9.17, 15) is 52.7 Å². The maximum Gasteiger partial charge on any atom is 0.435 e. The van der Waals surface area contributed by atoms with Crippen molar-refractivity contribution in [1.82, 2.24) is 19.7 Å². The maximum atomic E-state index is 13.8. The molecule has 0 bridgehead atoms. The zero-order valence-electron chi connectivity index (χ0n) is 17.1. The van der Waals surface area contributed by atoms with Crippen LogP contribution in [0.1, 0.15) is 27.3 Å². The molecule has 1 amide bonds. The lowest BCUT2D eigenvalue weighted by Crippen LogP contribution is -2.33. The second kappa shape index (κ2) is 9.36. The van der Waals surface area contributed by atoms with Crippen LogP contribution < -0.4 is 4.72 Å². The molecule has 0 saturated carbocycles. The van der Waals surface area contributed by atoms with Gasteiger partial charge in [0.1, 0.15) is 0 Å². The van der Waals surface area contributed by atoms with E-state index < -0.39 is 72.6 Å². The summed E-state index contributed by atoms with van der Waals surface area (Å²) in [6.45, 7) is 0. The number of carbonyl (C=O) groups excluding carboxylic acids is 1. The number of amides is 1. The molecule has 37 heavy (non-hydrogen) atoms. The topological polar surface area (TPSA) is 93.9 Å². The van der Waals surface area contributed by atoms with Gasteiger partial charge in [-0.25, -0.2) is 17.8 Å². The van der Waals surface area contributed by atoms with Crippen molar-refractivity contribution in [1.29, 1.82) is 0 Å². The van der Waals surface area contributed by atoms with Gasteiger partial charge in [0, 0.05) is 5.02 Å². The molecule has 3 rings (SSSR count). The number of rotatable bonds is 4. The molecule has 0 saturated heterocycles. The number of hydrogen-bond acceptors (Lipinski definition) is 5. The number of nitrogens with one attached hydrogen (secondary N) is 1. The Hall–Kier alpha value is -3.05. The minimum Gasteiger partial charge on any atom is -0.266 e. The summed E-state index contributed by atoms with van der Waals surface area (Å²) in [5, 5.41) is 5.71. The van der Waals surface area contributed by atoms with Crippen LogP contribution >= 0.6 is 23.2 Å². The number of hydrogen-bond donors (Lipinski definition) is 1. The minimum atomic E-state index is -5.59. The van der Waals surface area contributed by atoms with Crippen LogP contribution in [0.4, 0.5) is 39.5 Å². The maximum absolute atomic E-state index is 13.8. The van der Waals surface area contributed by atoms with Crippen LogP contribution in [0.25, 0.3) is 5.69 Å². The van der Waals surface area contributed by atoms with E-state index in [1.807, 2.05) is 0 Å². The molecule has 0 spiro atoms. The third-order valence-electron chi connectivity index (χ3n) is 4.39. The number of nitrogens with zero attached hydrogens (tertiary/aromatic N) is 3. The largest absolute Gasteiger partial charge is 0.435 e. The van der Waals surface area contributed by atoms with E-state index in [0.717, 1.165) is 22.9 Å². The highest BCUT2D eigenvalue weighted by atomic mass is 35.5. The number of carbonyl (C=O) groups is 1. The standard InChI is InChI=1S/C18H7Cl2F9N4O3S/c19-9-1-2-12(11(20)6-9)33-14(18(27,28)29)13(30-32-33)15(34)31-37(35,36)10-4-7(16(21,22)23)3-8(5-10)17(24,25)26/h1-6H,(H,31,34). The second-order valence-electron chi connectivity index (χ2n) is 6.97. The second-order valence-corrected chi connectivity index (χ2v) is 9.49. The number of aromatic nitrogens is 3. The van der Waals surface area contributed by atoms with Crippen LogP contribution in [0.5, 0.6) is 0 Å². The summed E-state index contributed by atoms with van der Waals surface area (Å²) in [5.74, 6) is -2.16. The number of sulfonamides is 1. The van der Waals surface area contributed by atoms with E-state index in [1.54, 1.807) is 0 Å². The van der Waals surface area contributed by atoms with E-state index in [1.165, 1.54) is 0 Å². The molecule has 0 atom stereocenters. The van der Waals surface area contributed by atoms with Crippen LogP contribution in [0.15, 0.2) is 41.3 Å². The first-order valence-corrected chi connectivity index (χ1v) is 11.3. The van der Waals surface area contributed by atoms with Crippen molar-refractivity contribution in [3.63, 3.8) is 0 Å². The SMILES string of the molecule is O=C(NS(=O)(=O)c1cc(C(F)(F)F)cc(C(F)(F)F)c1)c1nnn(-c2ccc(Cl)cc2Cl)c1C(F)(F)F. The molecule has 2 aromatic carbocycles. The molecule has 0 fully saturated rings. The van der Waals surface area contributed by atoms with E-state index in [0.29, 0.717) is 0 Å². The molecule has 1 N–H and O–H groups in total. The van der Waals surface area contributed by atoms with Gasteiger partial charge in [-0.15, -0.1) is 5.10 Å². The van der Waals surface area contributed by atoms with E-state index in [-0.39, 0.29) is 27.9 Å². The molecule has 0 unspecified atom stereocenters. The summed E-state index contributed by atoms with van der Waals surface area (Å²) >= 11 is 11.5. The zero-order valence-corrected chi connectivity index (χ0v) is 19.4. The van der Waals surface area contributed by atoms with Gasteiger partial charge in [0.15, 0.2) is 11.4 Å². The zero-order chi connectivity index (χ0) is 28.1. The lowest BCUT2D eigenvalue weighted by atomic mass is 10.1. The van der Waals surface area contributed by atoms with Gasteiger partial charge in [0.2, 0.25) is 0 Å². The van der Waals surface area contributed by atoms with Gasteiger partial charge in [0.25, 0.3) is 15.9 Å². The van der Waals surface area contributed by atoms with Gasteiger partial charge in [-0.3, -0.25) is 4.79 Å². The summed E-state index contributed by atoms with van der Waals surface area (Å²) in [5.41, 5.74) is -8.22. The van der Waals surface area contributed by atoms with E-state index in [2.05, 4.69) is 10.3 Å². The fourth-order valence-corrected chi connectivity index (χ4v) is 4.33. The minimum absolute atomic E-state index is 0.00537. The average Bonchev–Trinajstić information content (AvgIpc) is 3.17. The molecular formula is C18H7Cl2F9N4O3S. The summed E-state index contributed by atoms with van der Waals surface area (Å²) in [6, 6.07) is 2.20. The van der Waals surface area contributed by atoms with Gasteiger partial charge >= 0.3 is 18.5 Å². The highest BCUT2D eigenvalue weighted by molar-refractivity contribution is 7.90. The molecule has 19 heteroatoms. The van der Waals surface area contributed by atoms with Gasteiger partial charge in [-0.1, -0.05) is 28.4 Å². The third-order valence-corrected chi connectivity index (χ3v) is 6.24. The Morgan fingerprint density at radius 1 is 0.838 bits per heavy atom. The van der Waals surface area contributed by atoms with Crippen molar-refractivity contribution in [3.8, 4) is 5.69 Å². The van der Waals surface area contributed by atoms with Crippen molar-refractivity contribution in [3.05, 3.63) is 69.0 Å². The Morgan fingerprint density at radius 3 is 1.84 bits per heavy atom. The predicted octanol–water partition coefficient (Wildman–Crippen LogP) is 5.75. The van der Waals surface area contributed by atoms with Gasteiger partial charge in [0.05, 0.1) is 26.7 Å². The Morgan fingerprint density at radius 2 is 1.38 bits per heavy atom. The first-order valence-electron chi connectivity index (χ1n) is 9.07. The smallest absolute Gasteiger partial charge is 0.266 e. The summed E-state index contributed by atoms with van der Waals surface area (Å²) in [7, 11) is -5.59. The molecule has 7 nitrogen and oxygen atoms in total. The lowest BCUT2D eigenvalue weighted by Gasteiger charge is -2.15. The third kappa shape index (κ3) is 6.10. The molecule has 1 aromatic heterocycles. The molecule has 0 aliphatic rings. The van der Waals surface area contributed by atoms with E-state index >= 15 is 0 Å². The molecule has 200 valence electrons. The Labute approximate surface area is 209 Å². The average molecular weight is 601 g/mol. The molecule has 0 aliphatic heterocycles. The molecule has 0 radical (unpaired) electrons. The van der Waals surface area contributed by atoms with Crippen molar-refractivity contribution in [2.75, 3.05) is 0 Å². The Bertz CT molecular complexity index is 1450. The summed E-state index contributed by atoms with van der Waals surface area (Å²) in [4.78, 5) is 10.7. The molecule has 0 aliphatic carbocycles. The van der Waals surface area contributed by atoms with Crippen molar-refractivity contribution < 1.29 is 52.7 Å². The number of benzene rings is 2. The summed E-state index contributed by atoms with van der Waals surface area (Å²) < 4.78 is 146. The van der Waals surface area contributed by atoms with Crippen LogP contribution in [-0.2, 0) is 28.6 Å². The Kier molecular flexibility index (Phi) is 7.21. The predicted molar refractivity (Wildman–Crippen MR) is 107 cm³/mol. The van der Waals surface area contributed by atoms with Crippen molar-refractivity contribution in [2.45, 2.75) is 23.4 Å². The van der Waals surface area contributed by atoms with Gasteiger partial charge in [-0.05, 0) is 36.4 Å². The van der Waals surface area contributed by atoms with E-state index in [4.69, 9.17) is 23.2 Å². The van der Waals surface area contributed by atoms with Crippen molar-refractivity contribution >= 4 is 39.1 Å². The molecular weight excluding hydrogens is 594 g/mol. The van der Waals surface area contributed by atoms with Crippen LogP contribution in [0.2, 0.25) is 10.0 Å². The van der Waals surface area contributed by atoms with Crippen molar-refractivity contribution in [2.24, 2.45) is 0 Å². The monoisotopic (exact) mass is 600 g/mol. The fourth-order valence-electron chi connectivity index (χ4n) is 2.82.